The van der Waals surface area contributed by atoms with Crippen LogP contribution in [0, 0.1) is 0 Å². The molecular formula is C19H18ClN3O3. The number of hydrogen-bond acceptors (Lipinski definition) is 4. The third kappa shape index (κ3) is 4.03. The van der Waals surface area contributed by atoms with Gasteiger partial charge in [-0.3, -0.25) is 9.59 Å². The van der Waals surface area contributed by atoms with Gasteiger partial charge in [0.2, 0.25) is 0 Å². The number of rotatable bonds is 5. The average molecular weight is 372 g/mol. The minimum absolute atomic E-state index is 0.169. The smallest absolute Gasteiger partial charge is 0.263 e. The molecule has 1 N–H and O–H groups in total. The molecule has 2 aromatic carbocycles. The minimum Gasteiger partial charge on any atom is -0.481 e. The lowest BCUT2D eigenvalue weighted by Crippen LogP contribution is -2.38. The van der Waals surface area contributed by atoms with Crippen molar-refractivity contribution in [3.63, 3.8) is 0 Å². The molecule has 0 fully saturated rings. The van der Waals surface area contributed by atoms with E-state index in [0.29, 0.717) is 27.5 Å². The summed E-state index contributed by atoms with van der Waals surface area (Å²) in [6, 6.07) is 13.9. The van der Waals surface area contributed by atoms with Crippen molar-refractivity contribution in [3.8, 4) is 5.75 Å². The van der Waals surface area contributed by atoms with Crippen LogP contribution in [0.5, 0.6) is 5.75 Å². The Morgan fingerprint density at radius 1 is 1.27 bits per heavy atom. The maximum atomic E-state index is 12.5. The molecule has 6 nitrogen and oxygen atoms in total. The second kappa shape index (κ2) is 7.58. The molecule has 1 heterocycles. The highest BCUT2D eigenvalue weighted by Crippen LogP contribution is 2.19. The summed E-state index contributed by atoms with van der Waals surface area (Å²) in [6.45, 7) is 1.83. The zero-order valence-electron chi connectivity index (χ0n) is 14.4. The fraction of sp³-hybridized carbons (Fsp3) is 0.211. The molecule has 0 aliphatic heterocycles. The van der Waals surface area contributed by atoms with E-state index >= 15 is 0 Å². The highest BCUT2D eigenvalue weighted by Gasteiger charge is 2.20. The van der Waals surface area contributed by atoms with Gasteiger partial charge in [0.05, 0.1) is 17.4 Å². The van der Waals surface area contributed by atoms with Gasteiger partial charge in [0, 0.05) is 12.1 Å². The normalized spacial score (nSPS) is 12.0. The van der Waals surface area contributed by atoms with E-state index in [4.69, 9.17) is 16.3 Å². The molecule has 0 spiro atoms. The van der Waals surface area contributed by atoms with Crippen LogP contribution in [0.4, 0.5) is 0 Å². The van der Waals surface area contributed by atoms with E-state index in [2.05, 4.69) is 9.97 Å². The Labute approximate surface area is 155 Å². The Morgan fingerprint density at radius 3 is 2.81 bits per heavy atom. The van der Waals surface area contributed by atoms with Gasteiger partial charge in [0.25, 0.3) is 11.5 Å². The number of benzene rings is 2. The number of nitrogens with one attached hydrogen (secondary N) is 1. The van der Waals surface area contributed by atoms with Crippen molar-refractivity contribution in [2.24, 2.45) is 0 Å². The van der Waals surface area contributed by atoms with Crippen LogP contribution in [0.3, 0.4) is 0 Å². The van der Waals surface area contributed by atoms with Crippen LogP contribution in [-0.2, 0) is 11.3 Å². The van der Waals surface area contributed by atoms with Gasteiger partial charge in [-0.05, 0) is 37.3 Å². The van der Waals surface area contributed by atoms with Gasteiger partial charge in [-0.25, -0.2) is 4.98 Å². The number of nitrogens with zero attached hydrogens (tertiary/aromatic N) is 2. The third-order valence-electron chi connectivity index (χ3n) is 3.88. The first-order valence-electron chi connectivity index (χ1n) is 8.09. The van der Waals surface area contributed by atoms with Crippen LogP contribution in [0.15, 0.2) is 53.3 Å². The highest BCUT2D eigenvalue weighted by molar-refractivity contribution is 6.30. The molecule has 3 rings (SSSR count). The summed E-state index contributed by atoms with van der Waals surface area (Å²) in [6.07, 6.45) is -0.703. The van der Waals surface area contributed by atoms with Crippen molar-refractivity contribution in [3.05, 3.63) is 69.7 Å². The molecule has 1 aromatic heterocycles. The van der Waals surface area contributed by atoms with Gasteiger partial charge in [-0.1, -0.05) is 29.8 Å². The second-order valence-corrected chi connectivity index (χ2v) is 6.38. The molecule has 0 saturated heterocycles. The molecule has 1 amide bonds. The molecule has 26 heavy (non-hydrogen) atoms. The molecule has 0 bridgehead atoms. The zero-order chi connectivity index (χ0) is 18.7. The number of para-hydroxylation sites is 1. The summed E-state index contributed by atoms with van der Waals surface area (Å²) in [5, 5.41) is 1.05. The van der Waals surface area contributed by atoms with Crippen LogP contribution in [0.1, 0.15) is 12.7 Å². The topological polar surface area (TPSA) is 75.3 Å². The van der Waals surface area contributed by atoms with Crippen LogP contribution < -0.4 is 10.3 Å². The summed E-state index contributed by atoms with van der Waals surface area (Å²) in [7, 11) is 1.63. The SMILES string of the molecule is C[C@H](Oc1cccc(Cl)c1)C(=O)N(C)Cc1nc2ccccc2c(=O)[nH]1. The van der Waals surface area contributed by atoms with Crippen molar-refractivity contribution in [1.29, 1.82) is 0 Å². The van der Waals surface area contributed by atoms with Crippen molar-refractivity contribution in [1.82, 2.24) is 14.9 Å². The molecule has 0 aliphatic carbocycles. The molecule has 0 unspecified atom stereocenters. The summed E-state index contributed by atoms with van der Waals surface area (Å²) in [5.41, 5.74) is 0.366. The molecule has 0 aliphatic rings. The quantitative estimate of drug-likeness (QED) is 0.748. The Kier molecular flexibility index (Phi) is 5.23. The predicted octanol–water partition coefficient (Wildman–Crippen LogP) is 3.00. The number of ether oxygens (including phenoxy) is 1. The van der Waals surface area contributed by atoms with Crippen molar-refractivity contribution in [2.75, 3.05) is 7.05 Å². The van der Waals surface area contributed by atoms with E-state index in [9.17, 15) is 9.59 Å². The average Bonchev–Trinajstić information content (AvgIpc) is 2.61. The van der Waals surface area contributed by atoms with Gasteiger partial charge in [-0.15, -0.1) is 0 Å². The summed E-state index contributed by atoms with van der Waals surface area (Å²) >= 11 is 5.92. The Balaban J connectivity index is 1.71. The first kappa shape index (κ1) is 17.9. The van der Waals surface area contributed by atoms with Crippen molar-refractivity contribution < 1.29 is 9.53 Å². The number of aromatic nitrogens is 2. The molecule has 1 atom stereocenters. The third-order valence-corrected chi connectivity index (χ3v) is 4.12. The van der Waals surface area contributed by atoms with Gasteiger partial charge >= 0.3 is 0 Å². The van der Waals surface area contributed by atoms with Gasteiger partial charge < -0.3 is 14.6 Å². The maximum absolute atomic E-state index is 12.5. The number of amides is 1. The first-order valence-corrected chi connectivity index (χ1v) is 8.47. The number of fused-ring (bicyclic) bond motifs is 1. The number of halogens is 1. The van der Waals surface area contributed by atoms with E-state index in [0.717, 1.165) is 0 Å². The number of likely N-dealkylation sites (N-methyl/N-ethyl adjacent to an activating group) is 1. The number of carbonyl (C=O) groups excluding carboxylic acids is 1. The van der Waals surface area contributed by atoms with E-state index in [1.165, 1.54) is 4.90 Å². The first-order chi connectivity index (χ1) is 12.4. The van der Waals surface area contributed by atoms with Gasteiger partial charge in [0.15, 0.2) is 6.10 Å². The Bertz CT molecular complexity index is 1000. The largest absolute Gasteiger partial charge is 0.481 e. The van der Waals surface area contributed by atoms with Crippen LogP contribution >= 0.6 is 11.6 Å². The predicted molar refractivity (Wildman–Crippen MR) is 100 cm³/mol. The lowest BCUT2D eigenvalue weighted by molar-refractivity contribution is -0.137. The lowest BCUT2D eigenvalue weighted by atomic mass is 10.2. The Morgan fingerprint density at radius 2 is 2.04 bits per heavy atom. The molecule has 134 valence electrons. The number of hydrogen-bond donors (Lipinski definition) is 1. The van der Waals surface area contributed by atoms with Crippen LogP contribution in [0.25, 0.3) is 10.9 Å². The molecule has 0 saturated carbocycles. The lowest BCUT2D eigenvalue weighted by Gasteiger charge is -2.22. The standard InChI is InChI=1S/C19H18ClN3O3/c1-12(26-14-7-5-6-13(20)10-14)19(25)23(2)11-17-21-16-9-4-3-8-15(16)18(24)22-17/h3-10,12H,11H2,1-2H3,(H,21,22,24)/t12-/m0/s1. The minimum atomic E-state index is -0.703. The van der Waals surface area contributed by atoms with E-state index in [-0.39, 0.29) is 18.0 Å². The van der Waals surface area contributed by atoms with E-state index in [1.54, 1.807) is 56.4 Å². The highest BCUT2D eigenvalue weighted by atomic mass is 35.5. The maximum Gasteiger partial charge on any atom is 0.263 e. The van der Waals surface area contributed by atoms with Crippen molar-refractivity contribution in [2.45, 2.75) is 19.6 Å². The summed E-state index contributed by atoms with van der Waals surface area (Å²) < 4.78 is 5.64. The fourth-order valence-electron chi connectivity index (χ4n) is 2.62. The van der Waals surface area contributed by atoms with Crippen LogP contribution in [-0.4, -0.2) is 33.9 Å². The second-order valence-electron chi connectivity index (χ2n) is 5.94. The summed E-state index contributed by atoms with van der Waals surface area (Å²) in [5.74, 6) is 0.698. The number of carbonyl (C=O) groups is 1. The zero-order valence-corrected chi connectivity index (χ0v) is 15.2. The monoisotopic (exact) mass is 371 g/mol. The molecular weight excluding hydrogens is 354 g/mol. The van der Waals surface area contributed by atoms with Crippen LogP contribution in [0.2, 0.25) is 5.02 Å². The molecule has 0 radical (unpaired) electrons. The molecule has 3 aromatic rings. The van der Waals surface area contributed by atoms with E-state index in [1.807, 2.05) is 6.07 Å². The van der Waals surface area contributed by atoms with Gasteiger partial charge in [-0.2, -0.15) is 0 Å². The number of H-pyrrole nitrogens is 1. The fourth-order valence-corrected chi connectivity index (χ4v) is 2.80. The Hall–Kier alpha value is -2.86. The van der Waals surface area contributed by atoms with E-state index < -0.39 is 6.10 Å². The van der Waals surface area contributed by atoms with Crippen molar-refractivity contribution >= 4 is 28.4 Å². The number of aromatic amines is 1. The summed E-state index contributed by atoms with van der Waals surface area (Å²) in [4.78, 5) is 33.2. The molecule has 7 heteroatoms. The van der Waals surface area contributed by atoms with Gasteiger partial charge in [0.1, 0.15) is 11.6 Å².